The maximum absolute atomic E-state index is 9.42. The molecular formula is C13H21ClN2O. The number of likely N-dealkylation sites (tertiary alicyclic amines) is 1. The first kappa shape index (κ1) is 14.5. The lowest BCUT2D eigenvalue weighted by atomic mass is 10.1. The SMILES string of the molecule is Cl.NCc1ccc(CN2CCC(O)CC2)cc1. The van der Waals surface area contributed by atoms with Crippen molar-refractivity contribution in [1.29, 1.82) is 0 Å². The van der Waals surface area contributed by atoms with Crippen molar-refractivity contribution in [1.82, 2.24) is 4.90 Å². The largest absolute Gasteiger partial charge is 0.393 e. The molecule has 0 atom stereocenters. The highest BCUT2D eigenvalue weighted by Crippen LogP contribution is 2.14. The van der Waals surface area contributed by atoms with Gasteiger partial charge < -0.3 is 10.8 Å². The van der Waals surface area contributed by atoms with Gasteiger partial charge in [-0.25, -0.2) is 0 Å². The van der Waals surface area contributed by atoms with E-state index in [2.05, 4.69) is 29.2 Å². The summed E-state index contributed by atoms with van der Waals surface area (Å²) in [7, 11) is 0. The number of rotatable bonds is 3. The van der Waals surface area contributed by atoms with Gasteiger partial charge in [0.2, 0.25) is 0 Å². The van der Waals surface area contributed by atoms with Gasteiger partial charge in [-0.15, -0.1) is 12.4 Å². The third-order valence-electron chi connectivity index (χ3n) is 3.22. The van der Waals surface area contributed by atoms with Crippen LogP contribution in [0.25, 0.3) is 0 Å². The van der Waals surface area contributed by atoms with Crippen LogP contribution in [0.2, 0.25) is 0 Å². The number of nitrogens with zero attached hydrogens (tertiary/aromatic N) is 1. The summed E-state index contributed by atoms with van der Waals surface area (Å²) in [5.41, 5.74) is 8.07. The normalized spacial score (nSPS) is 17.8. The first-order valence-corrected chi connectivity index (χ1v) is 5.96. The van der Waals surface area contributed by atoms with Crippen LogP contribution in [0, 0.1) is 0 Å². The van der Waals surface area contributed by atoms with E-state index in [1.54, 1.807) is 0 Å². The molecule has 3 N–H and O–H groups in total. The zero-order chi connectivity index (χ0) is 11.4. The molecule has 0 spiro atoms. The molecule has 17 heavy (non-hydrogen) atoms. The minimum atomic E-state index is -0.0872. The molecule has 0 aliphatic carbocycles. The van der Waals surface area contributed by atoms with Gasteiger partial charge in [-0.3, -0.25) is 4.90 Å². The molecule has 0 amide bonds. The van der Waals surface area contributed by atoms with Crippen LogP contribution in [0.1, 0.15) is 24.0 Å². The van der Waals surface area contributed by atoms with Crippen molar-refractivity contribution in [3.63, 3.8) is 0 Å². The Balaban J connectivity index is 0.00000144. The molecule has 1 aliphatic heterocycles. The molecule has 0 unspecified atom stereocenters. The van der Waals surface area contributed by atoms with Crippen LogP contribution in [0.3, 0.4) is 0 Å². The summed E-state index contributed by atoms with van der Waals surface area (Å²) in [6.07, 6.45) is 1.72. The van der Waals surface area contributed by atoms with Gasteiger partial charge in [0.05, 0.1) is 6.10 Å². The van der Waals surface area contributed by atoms with Crippen molar-refractivity contribution >= 4 is 12.4 Å². The highest BCUT2D eigenvalue weighted by Gasteiger charge is 2.16. The summed E-state index contributed by atoms with van der Waals surface area (Å²) in [6, 6.07) is 8.47. The fraction of sp³-hybridized carbons (Fsp3) is 0.538. The molecule has 1 saturated heterocycles. The number of hydrogen-bond acceptors (Lipinski definition) is 3. The molecule has 2 rings (SSSR count). The third-order valence-corrected chi connectivity index (χ3v) is 3.22. The molecule has 96 valence electrons. The van der Waals surface area contributed by atoms with Gasteiger partial charge in [-0.05, 0) is 24.0 Å². The molecule has 1 fully saturated rings. The highest BCUT2D eigenvalue weighted by atomic mass is 35.5. The van der Waals surface area contributed by atoms with Gasteiger partial charge >= 0.3 is 0 Å². The van der Waals surface area contributed by atoms with E-state index in [1.807, 2.05) is 0 Å². The molecule has 1 heterocycles. The molecule has 0 aromatic heterocycles. The van der Waals surface area contributed by atoms with E-state index >= 15 is 0 Å². The molecule has 4 heteroatoms. The van der Waals surface area contributed by atoms with E-state index in [1.165, 1.54) is 11.1 Å². The monoisotopic (exact) mass is 256 g/mol. The van der Waals surface area contributed by atoms with Crippen LogP contribution in [-0.2, 0) is 13.1 Å². The molecule has 1 aromatic rings. The Hall–Kier alpha value is -0.610. The second-order valence-electron chi connectivity index (χ2n) is 4.53. The van der Waals surface area contributed by atoms with E-state index < -0.39 is 0 Å². The third kappa shape index (κ3) is 4.28. The van der Waals surface area contributed by atoms with Gasteiger partial charge in [0, 0.05) is 26.2 Å². The molecular weight excluding hydrogens is 236 g/mol. The minimum Gasteiger partial charge on any atom is -0.393 e. The van der Waals surface area contributed by atoms with Gasteiger partial charge in [0.15, 0.2) is 0 Å². The first-order chi connectivity index (χ1) is 7.78. The standard InChI is InChI=1S/C13H20N2O.ClH/c14-9-11-1-3-12(4-2-11)10-15-7-5-13(16)6-8-15;/h1-4,13,16H,5-10,14H2;1H. The number of piperidine rings is 1. The Morgan fingerprint density at radius 1 is 1.12 bits per heavy atom. The van der Waals surface area contributed by atoms with Crippen molar-refractivity contribution in [3.8, 4) is 0 Å². The Morgan fingerprint density at radius 3 is 2.18 bits per heavy atom. The lowest BCUT2D eigenvalue weighted by Crippen LogP contribution is -2.35. The molecule has 1 aromatic carbocycles. The number of benzene rings is 1. The summed E-state index contributed by atoms with van der Waals surface area (Å²) < 4.78 is 0. The van der Waals surface area contributed by atoms with Crippen molar-refractivity contribution < 1.29 is 5.11 Å². The van der Waals surface area contributed by atoms with Crippen LogP contribution in [-0.4, -0.2) is 29.2 Å². The minimum absolute atomic E-state index is 0. The molecule has 0 bridgehead atoms. The molecule has 1 aliphatic rings. The summed E-state index contributed by atoms with van der Waals surface area (Å²) in [4.78, 5) is 2.39. The highest BCUT2D eigenvalue weighted by molar-refractivity contribution is 5.85. The lowest BCUT2D eigenvalue weighted by Gasteiger charge is -2.29. The number of nitrogens with two attached hydrogens (primary N) is 1. The van der Waals surface area contributed by atoms with E-state index in [-0.39, 0.29) is 18.5 Å². The van der Waals surface area contributed by atoms with Gasteiger partial charge in [0.25, 0.3) is 0 Å². The number of hydrogen-bond donors (Lipinski definition) is 2. The van der Waals surface area contributed by atoms with Gasteiger partial charge in [-0.1, -0.05) is 24.3 Å². The predicted octanol–water partition coefficient (Wildman–Crippen LogP) is 1.52. The first-order valence-electron chi connectivity index (χ1n) is 5.96. The van der Waals surface area contributed by atoms with E-state index in [0.717, 1.165) is 32.5 Å². The zero-order valence-electron chi connectivity index (χ0n) is 10.0. The summed E-state index contributed by atoms with van der Waals surface area (Å²) in [5.74, 6) is 0. The fourth-order valence-corrected chi connectivity index (χ4v) is 2.12. The average molecular weight is 257 g/mol. The fourth-order valence-electron chi connectivity index (χ4n) is 2.12. The Bertz CT molecular complexity index is 321. The lowest BCUT2D eigenvalue weighted by molar-refractivity contribution is 0.0792. The second-order valence-corrected chi connectivity index (χ2v) is 4.53. The molecule has 3 nitrogen and oxygen atoms in total. The van der Waals surface area contributed by atoms with Crippen LogP contribution < -0.4 is 5.73 Å². The zero-order valence-corrected chi connectivity index (χ0v) is 10.8. The summed E-state index contributed by atoms with van der Waals surface area (Å²) in [6.45, 7) is 3.59. The van der Waals surface area contributed by atoms with E-state index in [9.17, 15) is 5.11 Å². The number of aliphatic hydroxyl groups is 1. The van der Waals surface area contributed by atoms with Crippen LogP contribution >= 0.6 is 12.4 Å². The van der Waals surface area contributed by atoms with E-state index in [4.69, 9.17) is 5.73 Å². The van der Waals surface area contributed by atoms with Crippen LogP contribution in [0.15, 0.2) is 24.3 Å². The van der Waals surface area contributed by atoms with Crippen molar-refractivity contribution in [2.75, 3.05) is 13.1 Å². The topological polar surface area (TPSA) is 49.5 Å². The maximum Gasteiger partial charge on any atom is 0.0564 e. The Morgan fingerprint density at radius 2 is 1.65 bits per heavy atom. The van der Waals surface area contributed by atoms with Crippen LogP contribution in [0.4, 0.5) is 0 Å². The second kappa shape index (κ2) is 6.97. The smallest absolute Gasteiger partial charge is 0.0564 e. The average Bonchev–Trinajstić information content (AvgIpc) is 2.33. The Labute approximate surface area is 109 Å². The van der Waals surface area contributed by atoms with E-state index in [0.29, 0.717) is 6.54 Å². The summed E-state index contributed by atoms with van der Waals surface area (Å²) in [5, 5.41) is 9.42. The van der Waals surface area contributed by atoms with Gasteiger partial charge in [0.1, 0.15) is 0 Å². The van der Waals surface area contributed by atoms with Crippen LogP contribution in [0.5, 0.6) is 0 Å². The quantitative estimate of drug-likeness (QED) is 0.862. The van der Waals surface area contributed by atoms with Crippen molar-refractivity contribution in [3.05, 3.63) is 35.4 Å². The summed E-state index contributed by atoms with van der Waals surface area (Å²) >= 11 is 0. The molecule has 0 saturated carbocycles. The van der Waals surface area contributed by atoms with Gasteiger partial charge in [-0.2, -0.15) is 0 Å². The Kier molecular flexibility index (Phi) is 5.92. The number of halogens is 1. The maximum atomic E-state index is 9.42. The number of aliphatic hydroxyl groups excluding tert-OH is 1. The van der Waals surface area contributed by atoms with Crippen molar-refractivity contribution in [2.24, 2.45) is 5.73 Å². The van der Waals surface area contributed by atoms with Crippen molar-refractivity contribution in [2.45, 2.75) is 32.0 Å². The molecule has 0 radical (unpaired) electrons. The predicted molar refractivity (Wildman–Crippen MR) is 72.1 cm³/mol.